The second-order valence-corrected chi connectivity index (χ2v) is 6.25. The fraction of sp³-hybridized carbons (Fsp3) is 0.450. The van der Waals surface area contributed by atoms with Gasteiger partial charge in [0.05, 0.1) is 5.41 Å². The number of rotatable bonds is 7. The Morgan fingerprint density at radius 3 is 2.64 bits per heavy atom. The minimum absolute atomic E-state index is 0.279. The van der Waals surface area contributed by atoms with Gasteiger partial charge in [-0.2, -0.15) is 0 Å². The summed E-state index contributed by atoms with van der Waals surface area (Å²) < 4.78 is 0. The molecule has 118 valence electrons. The average molecular weight is 297 g/mol. The van der Waals surface area contributed by atoms with Gasteiger partial charge in [0.25, 0.3) is 0 Å². The zero-order valence-electron chi connectivity index (χ0n) is 13.8. The third-order valence-electron chi connectivity index (χ3n) is 4.71. The average Bonchev–Trinajstić information content (AvgIpc) is 2.86. The number of ketones is 1. The molecule has 2 rings (SSSR count). The van der Waals surface area contributed by atoms with Gasteiger partial charge in [0, 0.05) is 24.5 Å². The van der Waals surface area contributed by atoms with Crippen molar-refractivity contribution in [1.29, 1.82) is 0 Å². The van der Waals surface area contributed by atoms with Crippen molar-refractivity contribution in [2.75, 3.05) is 11.9 Å². The van der Waals surface area contributed by atoms with Crippen molar-refractivity contribution in [2.24, 2.45) is 5.41 Å². The standard InChI is InChI=1S/C20H27NO/c1-4-6-10-14-20(5-2)15-13-17(19(20)22)16-21(3)18-11-8-7-9-12-18/h5,7-9,11-12,16H,2,4,6,10,13-15H2,1,3H3/b17-16+. The number of carbonyl (C=O) groups is 1. The maximum absolute atomic E-state index is 12.9. The number of hydrogen-bond acceptors (Lipinski definition) is 2. The topological polar surface area (TPSA) is 20.3 Å². The van der Waals surface area contributed by atoms with E-state index in [1.165, 1.54) is 12.8 Å². The molecule has 1 aromatic rings. The van der Waals surface area contributed by atoms with Gasteiger partial charge in [0.2, 0.25) is 0 Å². The number of carbonyl (C=O) groups excluding carboxylic acids is 1. The summed E-state index contributed by atoms with van der Waals surface area (Å²) in [6.45, 7) is 6.15. The van der Waals surface area contributed by atoms with Crippen molar-refractivity contribution in [1.82, 2.24) is 0 Å². The molecule has 1 unspecified atom stereocenters. The Hall–Kier alpha value is -1.83. The van der Waals surface area contributed by atoms with Crippen molar-refractivity contribution in [2.45, 2.75) is 45.4 Å². The summed E-state index contributed by atoms with van der Waals surface area (Å²) in [4.78, 5) is 14.9. The third kappa shape index (κ3) is 3.49. The lowest BCUT2D eigenvalue weighted by molar-refractivity contribution is -0.121. The third-order valence-corrected chi connectivity index (χ3v) is 4.71. The fourth-order valence-electron chi connectivity index (χ4n) is 3.22. The van der Waals surface area contributed by atoms with Gasteiger partial charge in [0.1, 0.15) is 0 Å². The van der Waals surface area contributed by atoms with E-state index in [2.05, 4.69) is 25.6 Å². The van der Waals surface area contributed by atoms with Crippen LogP contribution in [0.15, 0.2) is 54.8 Å². The Bertz CT molecular complexity index is 546. The van der Waals surface area contributed by atoms with Crippen LogP contribution in [0, 0.1) is 5.41 Å². The Morgan fingerprint density at radius 2 is 2.00 bits per heavy atom. The summed E-state index contributed by atoms with van der Waals surface area (Å²) >= 11 is 0. The van der Waals surface area contributed by atoms with Gasteiger partial charge in [-0.05, 0) is 31.4 Å². The van der Waals surface area contributed by atoms with E-state index in [9.17, 15) is 4.79 Å². The molecule has 2 nitrogen and oxygen atoms in total. The first-order chi connectivity index (χ1) is 10.6. The Kier molecular flexibility index (Phi) is 5.59. The molecule has 0 bridgehead atoms. The maximum atomic E-state index is 12.9. The number of nitrogens with zero attached hydrogens (tertiary/aromatic N) is 1. The van der Waals surface area contributed by atoms with Crippen LogP contribution >= 0.6 is 0 Å². The normalized spacial score (nSPS) is 23.0. The molecule has 0 spiro atoms. The van der Waals surface area contributed by atoms with E-state index in [0.29, 0.717) is 0 Å². The van der Waals surface area contributed by atoms with Crippen LogP contribution in [0.3, 0.4) is 0 Å². The van der Waals surface area contributed by atoms with Gasteiger partial charge in [0.15, 0.2) is 5.78 Å². The summed E-state index contributed by atoms with van der Waals surface area (Å²) in [5.41, 5.74) is 1.71. The Balaban J connectivity index is 2.12. The number of para-hydroxylation sites is 1. The molecule has 0 heterocycles. The van der Waals surface area contributed by atoms with E-state index in [0.717, 1.165) is 36.9 Å². The van der Waals surface area contributed by atoms with Crippen molar-refractivity contribution in [3.63, 3.8) is 0 Å². The number of benzene rings is 1. The molecule has 0 saturated heterocycles. The molecule has 0 aromatic heterocycles. The highest BCUT2D eigenvalue weighted by atomic mass is 16.1. The molecule has 2 heteroatoms. The first-order valence-corrected chi connectivity index (χ1v) is 8.30. The first kappa shape index (κ1) is 16.5. The highest BCUT2D eigenvalue weighted by Gasteiger charge is 2.41. The highest BCUT2D eigenvalue weighted by Crippen LogP contribution is 2.43. The van der Waals surface area contributed by atoms with E-state index < -0.39 is 0 Å². The van der Waals surface area contributed by atoms with E-state index >= 15 is 0 Å². The molecule has 1 aliphatic rings. The molecule has 1 saturated carbocycles. The number of unbranched alkanes of at least 4 members (excludes halogenated alkanes) is 2. The van der Waals surface area contributed by atoms with Crippen molar-refractivity contribution in [3.8, 4) is 0 Å². The summed E-state index contributed by atoms with van der Waals surface area (Å²) in [5.74, 6) is 0.279. The smallest absolute Gasteiger partial charge is 0.170 e. The van der Waals surface area contributed by atoms with Crippen LogP contribution in [0.4, 0.5) is 5.69 Å². The molecule has 1 aliphatic carbocycles. The van der Waals surface area contributed by atoms with Gasteiger partial charge in [-0.1, -0.05) is 50.5 Å². The number of Topliss-reactive ketones (excluding diaryl/α,β-unsaturated/α-hetero) is 1. The van der Waals surface area contributed by atoms with Gasteiger partial charge < -0.3 is 4.90 Å². The van der Waals surface area contributed by atoms with Gasteiger partial charge >= 0.3 is 0 Å². The van der Waals surface area contributed by atoms with Crippen molar-refractivity contribution >= 4 is 11.5 Å². The van der Waals surface area contributed by atoms with Crippen LogP contribution in [0.25, 0.3) is 0 Å². The first-order valence-electron chi connectivity index (χ1n) is 8.30. The van der Waals surface area contributed by atoms with Crippen LogP contribution in [0.1, 0.15) is 45.4 Å². The molecule has 0 N–H and O–H groups in total. The zero-order valence-corrected chi connectivity index (χ0v) is 13.8. The zero-order chi connectivity index (χ0) is 16.0. The minimum atomic E-state index is -0.321. The summed E-state index contributed by atoms with van der Waals surface area (Å²) in [6.07, 6.45) is 10.1. The molecule has 1 fully saturated rings. The predicted octanol–water partition coefficient (Wildman–Crippen LogP) is 5.12. The summed E-state index contributed by atoms with van der Waals surface area (Å²) in [6, 6.07) is 10.1. The molecular formula is C20H27NO. The second-order valence-electron chi connectivity index (χ2n) is 6.25. The monoisotopic (exact) mass is 297 g/mol. The summed E-state index contributed by atoms with van der Waals surface area (Å²) in [7, 11) is 2.00. The number of allylic oxidation sites excluding steroid dienone is 2. The number of anilines is 1. The van der Waals surface area contributed by atoms with E-state index in [1.54, 1.807) is 0 Å². The molecule has 1 aromatic carbocycles. The van der Waals surface area contributed by atoms with Crippen molar-refractivity contribution in [3.05, 3.63) is 54.8 Å². The molecule has 1 atom stereocenters. The molecule has 22 heavy (non-hydrogen) atoms. The van der Waals surface area contributed by atoms with Crippen LogP contribution in [0.2, 0.25) is 0 Å². The minimum Gasteiger partial charge on any atom is -0.351 e. The lowest BCUT2D eigenvalue weighted by atomic mass is 9.80. The Labute approximate surface area is 134 Å². The quantitative estimate of drug-likeness (QED) is 0.395. The SMILES string of the molecule is C=CC1(CCCCC)CC/C(=C\N(C)c2ccccc2)C1=O. The van der Waals surface area contributed by atoms with Gasteiger partial charge in [-0.25, -0.2) is 0 Å². The highest BCUT2D eigenvalue weighted by molar-refractivity contribution is 6.03. The molecule has 0 radical (unpaired) electrons. The maximum Gasteiger partial charge on any atom is 0.170 e. The second kappa shape index (κ2) is 7.44. The van der Waals surface area contributed by atoms with Crippen LogP contribution in [-0.4, -0.2) is 12.8 Å². The van der Waals surface area contributed by atoms with E-state index in [-0.39, 0.29) is 11.2 Å². The Morgan fingerprint density at radius 1 is 1.27 bits per heavy atom. The van der Waals surface area contributed by atoms with E-state index in [1.807, 2.05) is 42.4 Å². The van der Waals surface area contributed by atoms with Gasteiger partial charge in [-0.15, -0.1) is 6.58 Å². The summed E-state index contributed by atoms with van der Waals surface area (Å²) in [5, 5.41) is 0. The molecular weight excluding hydrogens is 270 g/mol. The van der Waals surface area contributed by atoms with Crippen LogP contribution in [0.5, 0.6) is 0 Å². The van der Waals surface area contributed by atoms with E-state index in [4.69, 9.17) is 0 Å². The predicted molar refractivity (Wildman–Crippen MR) is 93.9 cm³/mol. The van der Waals surface area contributed by atoms with Crippen molar-refractivity contribution < 1.29 is 4.79 Å². The van der Waals surface area contributed by atoms with Crippen LogP contribution < -0.4 is 4.90 Å². The fourth-order valence-corrected chi connectivity index (χ4v) is 3.22. The van der Waals surface area contributed by atoms with Crippen LogP contribution in [-0.2, 0) is 4.79 Å². The molecule has 0 aliphatic heterocycles. The lowest BCUT2D eigenvalue weighted by Crippen LogP contribution is -2.24. The largest absolute Gasteiger partial charge is 0.351 e. The molecule has 0 amide bonds. The van der Waals surface area contributed by atoms with Gasteiger partial charge in [-0.3, -0.25) is 4.79 Å². The number of hydrogen-bond donors (Lipinski definition) is 0. The lowest BCUT2D eigenvalue weighted by Gasteiger charge is -2.23.